The maximum atomic E-state index is 13.5. The Balaban J connectivity index is 1.60. The molecule has 1 aromatic carbocycles. The summed E-state index contributed by atoms with van der Waals surface area (Å²) in [4.78, 5) is 43.6. The SMILES string of the molecule is CC[C@H](C)n1cc(C(=O)N(C)Cc2ccc(-n3cccn3)cc2)c(=O)c(C(=O)N2CCCCCC2)c1. The maximum Gasteiger partial charge on any atom is 0.259 e. The molecule has 3 aromatic rings. The molecule has 36 heavy (non-hydrogen) atoms. The zero-order valence-electron chi connectivity index (χ0n) is 21.4. The molecule has 1 atom stereocenters. The minimum absolute atomic E-state index is 0.0339. The number of carbonyl (C=O) groups excluding carboxylic acids is 2. The van der Waals surface area contributed by atoms with Gasteiger partial charge in [0.25, 0.3) is 11.8 Å². The second kappa shape index (κ2) is 11.4. The first kappa shape index (κ1) is 25.4. The van der Waals surface area contributed by atoms with Crippen LogP contribution in [0.2, 0.25) is 0 Å². The zero-order valence-corrected chi connectivity index (χ0v) is 21.4. The van der Waals surface area contributed by atoms with Crippen molar-refractivity contribution in [1.82, 2.24) is 24.1 Å². The molecule has 2 aromatic heterocycles. The Morgan fingerprint density at radius 3 is 2.31 bits per heavy atom. The van der Waals surface area contributed by atoms with Crippen molar-refractivity contribution >= 4 is 11.8 Å². The molecule has 0 unspecified atom stereocenters. The number of benzene rings is 1. The molecule has 8 nitrogen and oxygen atoms in total. The van der Waals surface area contributed by atoms with Gasteiger partial charge in [-0.2, -0.15) is 5.10 Å². The molecule has 0 radical (unpaired) electrons. The summed E-state index contributed by atoms with van der Waals surface area (Å²) in [6.07, 6.45) is 11.7. The minimum Gasteiger partial charge on any atom is -0.350 e. The van der Waals surface area contributed by atoms with E-state index in [1.54, 1.807) is 35.2 Å². The van der Waals surface area contributed by atoms with Gasteiger partial charge in [-0.1, -0.05) is 31.9 Å². The molecule has 0 bridgehead atoms. The first-order valence-corrected chi connectivity index (χ1v) is 12.8. The summed E-state index contributed by atoms with van der Waals surface area (Å²) in [5.74, 6) is -0.663. The van der Waals surface area contributed by atoms with E-state index in [0.29, 0.717) is 19.6 Å². The zero-order chi connectivity index (χ0) is 25.7. The van der Waals surface area contributed by atoms with E-state index in [2.05, 4.69) is 5.10 Å². The van der Waals surface area contributed by atoms with Gasteiger partial charge in [0.15, 0.2) is 0 Å². The highest BCUT2D eigenvalue weighted by Gasteiger charge is 2.26. The van der Waals surface area contributed by atoms with E-state index in [-0.39, 0.29) is 23.1 Å². The van der Waals surface area contributed by atoms with E-state index < -0.39 is 11.3 Å². The molecule has 1 aliphatic heterocycles. The van der Waals surface area contributed by atoms with Gasteiger partial charge < -0.3 is 14.4 Å². The third-order valence-electron chi connectivity index (χ3n) is 6.97. The van der Waals surface area contributed by atoms with E-state index in [1.165, 1.54) is 4.90 Å². The van der Waals surface area contributed by atoms with E-state index in [4.69, 9.17) is 0 Å². The van der Waals surface area contributed by atoms with Gasteiger partial charge in [-0.3, -0.25) is 14.4 Å². The molecule has 4 rings (SSSR count). The number of hydrogen-bond acceptors (Lipinski definition) is 4. The number of hydrogen-bond donors (Lipinski definition) is 0. The molecule has 0 spiro atoms. The number of amides is 2. The van der Waals surface area contributed by atoms with Crippen molar-refractivity contribution in [1.29, 1.82) is 0 Å². The summed E-state index contributed by atoms with van der Waals surface area (Å²) < 4.78 is 3.61. The molecule has 0 aliphatic carbocycles. The minimum atomic E-state index is -0.491. The lowest BCUT2D eigenvalue weighted by atomic mass is 10.1. The van der Waals surface area contributed by atoms with Crippen LogP contribution in [0, 0.1) is 0 Å². The van der Waals surface area contributed by atoms with Crippen molar-refractivity contribution in [2.45, 2.75) is 58.5 Å². The second-order valence-corrected chi connectivity index (χ2v) is 9.60. The average Bonchev–Trinajstić information content (AvgIpc) is 3.30. The van der Waals surface area contributed by atoms with Crippen molar-refractivity contribution in [3.05, 3.63) is 82.0 Å². The lowest BCUT2D eigenvalue weighted by Crippen LogP contribution is -2.38. The predicted molar refractivity (Wildman–Crippen MR) is 139 cm³/mol. The quantitative estimate of drug-likeness (QED) is 0.496. The van der Waals surface area contributed by atoms with Crippen LogP contribution in [0.4, 0.5) is 0 Å². The van der Waals surface area contributed by atoms with Gasteiger partial charge in [0.2, 0.25) is 5.43 Å². The Morgan fingerprint density at radius 2 is 1.69 bits per heavy atom. The van der Waals surface area contributed by atoms with Gasteiger partial charge in [-0.15, -0.1) is 0 Å². The van der Waals surface area contributed by atoms with Gasteiger partial charge in [0, 0.05) is 57.5 Å². The highest BCUT2D eigenvalue weighted by atomic mass is 16.2. The topological polar surface area (TPSA) is 80.4 Å². The van der Waals surface area contributed by atoms with Crippen LogP contribution in [-0.2, 0) is 6.54 Å². The molecule has 1 fully saturated rings. The third kappa shape index (κ3) is 5.58. The second-order valence-electron chi connectivity index (χ2n) is 9.60. The first-order valence-electron chi connectivity index (χ1n) is 12.8. The summed E-state index contributed by atoms with van der Waals surface area (Å²) in [7, 11) is 1.68. The van der Waals surface area contributed by atoms with Crippen molar-refractivity contribution in [2.75, 3.05) is 20.1 Å². The Hall–Kier alpha value is -3.68. The highest BCUT2D eigenvalue weighted by molar-refractivity contribution is 5.99. The van der Waals surface area contributed by atoms with Crippen LogP contribution < -0.4 is 5.43 Å². The number of aromatic nitrogens is 3. The number of carbonyl (C=O) groups is 2. The molecular weight excluding hydrogens is 454 g/mol. The summed E-state index contributed by atoms with van der Waals surface area (Å²) in [6.45, 7) is 5.69. The number of rotatable bonds is 7. The molecule has 2 amide bonds. The molecule has 0 N–H and O–H groups in total. The molecule has 1 aliphatic rings. The van der Waals surface area contributed by atoms with E-state index in [0.717, 1.165) is 43.4 Å². The van der Waals surface area contributed by atoms with E-state index in [9.17, 15) is 14.4 Å². The third-order valence-corrected chi connectivity index (χ3v) is 6.97. The summed E-state index contributed by atoms with van der Waals surface area (Å²) in [5.41, 5.74) is 1.48. The molecule has 1 saturated heterocycles. The van der Waals surface area contributed by atoms with Crippen LogP contribution in [0.15, 0.2) is 59.9 Å². The lowest BCUT2D eigenvalue weighted by molar-refractivity contribution is 0.0758. The Kier molecular flexibility index (Phi) is 8.03. The first-order chi connectivity index (χ1) is 17.4. The summed E-state index contributed by atoms with van der Waals surface area (Å²) >= 11 is 0. The Morgan fingerprint density at radius 1 is 1.03 bits per heavy atom. The molecule has 8 heteroatoms. The Bertz CT molecular complexity index is 1240. The highest BCUT2D eigenvalue weighted by Crippen LogP contribution is 2.17. The molecular formula is C28H35N5O3. The van der Waals surface area contributed by atoms with Crippen LogP contribution >= 0.6 is 0 Å². The largest absolute Gasteiger partial charge is 0.350 e. The van der Waals surface area contributed by atoms with Crippen LogP contribution in [0.3, 0.4) is 0 Å². The summed E-state index contributed by atoms with van der Waals surface area (Å²) in [6, 6.07) is 9.68. The fourth-order valence-corrected chi connectivity index (χ4v) is 4.54. The Labute approximate surface area is 212 Å². The standard InChI is InChI=1S/C28H35N5O3/c1-4-21(2)32-19-24(26(34)25(20-32)28(36)31-15-7-5-6-8-16-31)27(35)30(3)18-22-10-12-23(13-11-22)33-17-9-14-29-33/h9-14,17,19-21H,4-8,15-16,18H2,1-3H3/t21-/m0/s1. The number of nitrogens with zero attached hydrogens (tertiary/aromatic N) is 5. The smallest absolute Gasteiger partial charge is 0.259 e. The lowest BCUT2D eigenvalue weighted by Gasteiger charge is -2.23. The molecule has 190 valence electrons. The average molecular weight is 490 g/mol. The van der Waals surface area contributed by atoms with E-state index in [1.807, 2.05) is 54.9 Å². The fraction of sp³-hybridized carbons (Fsp3) is 0.429. The number of likely N-dealkylation sites (tertiary alicyclic amines) is 1. The van der Waals surface area contributed by atoms with Crippen molar-refractivity contribution < 1.29 is 9.59 Å². The van der Waals surface area contributed by atoms with Crippen LogP contribution in [-0.4, -0.2) is 56.1 Å². The van der Waals surface area contributed by atoms with Crippen molar-refractivity contribution in [2.24, 2.45) is 0 Å². The van der Waals surface area contributed by atoms with E-state index >= 15 is 0 Å². The van der Waals surface area contributed by atoms with Crippen LogP contribution in [0.5, 0.6) is 0 Å². The molecule has 3 heterocycles. The van der Waals surface area contributed by atoms with Gasteiger partial charge >= 0.3 is 0 Å². The van der Waals surface area contributed by atoms with Gasteiger partial charge in [0.1, 0.15) is 11.1 Å². The number of pyridine rings is 1. The van der Waals surface area contributed by atoms with Gasteiger partial charge in [-0.05, 0) is 49.9 Å². The monoisotopic (exact) mass is 489 g/mol. The summed E-state index contributed by atoms with van der Waals surface area (Å²) in [5, 5.41) is 4.23. The van der Waals surface area contributed by atoms with Crippen LogP contribution in [0.25, 0.3) is 5.69 Å². The normalized spacial score (nSPS) is 14.8. The molecule has 0 saturated carbocycles. The van der Waals surface area contributed by atoms with Gasteiger partial charge in [0.05, 0.1) is 5.69 Å². The van der Waals surface area contributed by atoms with Crippen molar-refractivity contribution in [3.8, 4) is 5.69 Å². The fourth-order valence-electron chi connectivity index (χ4n) is 4.54. The predicted octanol–water partition coefficient (Wildman–Crippen LogP) is 4.29. The maximum absolute atomic E-state index is 13.5. The van der Waals surface area contributed by atoms with Gasteiger partial charge in [-0.25, -0.2) is 4.68 Å². The van der Waals surface area contributed by atoms with Crippen LogP contribution in [0.1, 0.15) is 78.3 Å². The van der Waals surface area contributed by atoms with Crippen molar-refractivity contribution in [3.63, 3.8) is 0 Å².